The molecule has 0 saturated carbocycles. The van der Waals surface area contributed by atoms with Crippen molar-refractivity contribution in [2.24, 2.45) is 18.0 Å². The Balaban J connectivity index is 0.00000280. The quantitative estimate of drug-likeness (QED) is 0.377. The fourth-order valence-corrected chi connectivity index (χ4v) is 3.69. The van der Waals surface area contributed by atoms with E-state index < -0.39 is 12.7 Å². The number of guanidine groups is 1. The Labute approximate surface area is 180 Å². The Morgan fingerprint density at radius 3 is 2.79 bits per heavy atom. The first-order valence-corrected chi connectivity index (χ1v) is 9.19. The Kier molecular flexibility index (Phi) is 8.37. The van der Waals surface area contributed by atoms with Gasteiger partial charge in [0.2, 0.25) is 0 Å². The highest BCUT2D eigenvalue weighted by atomic mass is 127. The van der Waals surface area contributed by atoms with Crippen LogP contribution in [0.3, 0.4) is 0 Å². The fraction of sp³-hybridized carbons (Fsp3) is 0.765. The molecule has 3 rings (SSSR count). The van der Waals surface area contributed by atoms with E-state index in [0.717, 1.165) is 24.5 Å². The summed E-state index contributed by atoms with van der Waals surface area (Å²) in [6, 6.07) is 0. The average Bonchev–Trinajstić information content (AvgIpc) is 3.23. The van der Waals surface area contributed by atoms with E-state index in [1.807, 2.05) is 13.2 Å². The summed E-state index contributed by atoms with van der Waals surface area (Å²) < 4.78 is 45.2. The fourth-order valence-electron chi connectivity index (χ4n) is 3.69. The highest BCUT2D eigenvalue weighted by Gasteiger charge is 2.34. The summed E-state index contributed by atoms with van der Waals surface area (Å²) >= 11 is 0. The molecule has 2 aliphatic heterocycles. The maximum absolute atomic E-state index is 12.5. The summed E-state index contributed by atoms with van der Waals surface area (Å²) in [7, 11) is 3.59. The summed E-state index contributed by atoms with van der Waals surface area (Å²) in [6.07, 6.45) is 0.310. The molecule has 0 bridgehead atoms. The molecule has 0 aromatic carbocycles. The van der Waals surface area contributed by atoms with Gasteiger partial charge in [-0.05, 0) is 18.9 Å². The molecular formula is C17H28F3IN6O. The van der Waals surface area contributed by atoms with Gasteiger partial charge in [0.1, 0.15) is 6.10 Å². The molecule has 1 N–H and O–H groups in total. The first-order chi connectivity index (χ1) is 12.8. The van der Waals surface area contributed by atoms with Crippen LogP contribution in [0.1, 0.15) is 18.1 Å². The molecule has 2 fully saturated rings. The van der Waals surface area contributed by atoms with Crippen LogP contribution in [-0.4, -0.2) is 84.6 Å². The van der Waals surface area contributed by atoms with Gasteiger partial charge in [-0.15, -0.1) is 24.0 Å². The van der Waals surface area contributed by atoms with Crippen LogP contribution in [0.5, 0.6) is 0 Å². The molecule has 1 aromatic heterocycles. The minimum Gasteiger partial charge on any atom is -0.370 e. The SMILES string of the molecule is CN=C(NCC1CCN(CC(F)(F)F)C1)N1CCOC(c2cnn(C)c2)C1.I. The number of aliphatic imine (C=N–C) groups is 1. The van der Waals surface area contributed by atoms with Crippen LogP contribution in [0.4, 0.5) is 13.2 Å². The molecule has 3 heterocycles. The topological polar surface area (TPSA) is 57.9 Å². The van der Waals surface area contributed by atoms with Crippen molar-refractivity contribution in [3.8, 4) is 0 Å². The van der Waals surface area contributed by atoms with Crippen molar-refractivity contribution in [3.05, 3.63) is 18.0 Å². The van der Waals surface area contributed by atoms with Gasteiger partial charge in [-0.25, -0.2) is 0 Å². The monoisotopic (exact) mass is 516 g/mol. The van der Waals surface area contributed by atoms with E-state index in [4.69, 9.17) is 4.74 Å². The lowest BCUT2D eigenvalue weighted by Crippen LogP contribution is -2.49. The molecule has 2 saturated heterocycles. The predicted octanol–water partition coefficient (Wildman–Crippen LogP) is 1.87. The summed E-state index contributed by atoms with van der Waals surface area (Å²) in [5.41, 5.74) is 1.02. The number of alkyl halides is 3. The van der Waals surface area contributed by atoms with Crippen LogP contribution >= 0.6 is 24.0 Å². The Bertz CT molecular complexity index is 653. The van der Waals surface area contributed by atoms with E-state index in [-0.39, 0.29) is 36.0 Å². The van der Waals surface area contributed by atoms with Crippen LogP contribution in [0.25, 0.3) is 0 Å². The van der Waals surface area contributed by atoms with Crippen molar-refractivity contribution in [2.45, 2.75) is 18.7 Å². The number of halogens is 4. The summed E-state index contributed by atoms with van der Waals surface area (Å²) in [5, 5.41) is 7.52. The van der Waals surface area contributed by atoms with E-state index >= 15 is 0 Å². The van der Waals surface area contributed by atoms with Gasteiger partial charge in [-0.3, -0.25) is 14.6 Å². The van der Waals surface area contributed by atoms with E-state index in [1.54, 1.807) is 17.9 Å². The van der Waals surface area contributed by atoms with Crippen molar-refractivity contribution in [2.75, 3.05) is 52.9 Å². The molecule has 2 aliphatic rings. The van der Waals surface area contributed by atoms with Gasteiger partial charge in [0, 0.05) is 45.5 Å². The minimum absolute atomic E-state index is 0. The van der Waals surface area contributed by atoms with Crippen LogP contribution in [0, 0.1) is 5.92 Å². The smallest absolute Gasteiger partial charge is 0.370 e. The Morgan fingerprint density at radius 1 is 1.36 bits per heavy atom. The van der Waals surface area contributed by atoms with Crippen molar-refractivity contribution in [1.29, 1.82) is 0 Å². The normalized spacial score (nSPS) is 24.3. The molecular weight excluding hydrogens is 488 g/mol. The summed E-state index contributed by atoms with van der Waals surface area (Å²) in [6.45, 7) is 2.72. The molecule has 7 nitrogen and oxygen atoms in total. The van der Waals surface area contributed by atoms with Crippen molar-refractivity contribution >= 4 is 29.9 Å². The van der Waals surface area contributed by atoms with Gasteiger partial charge >= 0.3 is 6.18 Å². The lowest BCUT2D eigenvalue weighted by Gasteiger charge is -2.35. The second-order valence-corrected chi connectivity index (χ2v) is 7.19. The number of likely N-dealkylation sites (tertiary alicyclic amines) is 1. The number of nitrogens with zero attached hydrogens (tertiary/aromatic N) is 5. The Hall–Kier alpha value is -1.08. The molecule has 0 radical (unpaired) electrons. The molecule has 0 aliphatic carbocycles. The number of hydrogen-bond acceptors (Lipinski definition) is 4. The van der Waals surface area contributed by atoms with Crippen LogP contribution < -0.4 is 5.32 Å². The van der Waals surface area contributed by atoms with E-state index in [0.29, 0.717) is 32.8 Å². The van der Waals surface area contributed by atoms with E-state index in [1.165, 1.54) is 4.90 Å². The van der Waals surface area contributed by atoms with Gasteiger partial charge in [0.15, 0.2) is 5.96 Å². The summed E-state index contributed by atoms with van der Waals surface area (Å²) in [4.78, 5) is 7.95. The maximum atomic E-state index is 12.5. The van der Waals surface area contributed by atoms with Gasteiger partial charge in [0.05, 0.1) is 25.9 Å². The first-order valence-electron chi connectivity index (χ1n) is 9.19. The number of aromatic nitrogens is 2. The zero-order valence-electron chi connectivity index (χ0n) is 16.2. The number of morpholine rings is 1. The largest absolute Gasteiger partial charge is 0.401 e. The highest BCUT2D eigenvalue weighted by molar-refractivity contribution is 14.0. The number of ether oxygens (including phenoxy) is 1. The van der Waals surface area contributed by atoms with Crippen LogP contribution in [-0.2, 0) is 11.8 Å². The number of nitrogens with one attached hydrogen (secondary N) is 1. The lowest BCUT2D eigenvalue weighted by atomic mass is 10.1. The zero-order valence-corrected chi connectivity index (χ0v) is 18.5. The zero-order chi connectivity index (χ0) is 19.4. The molecule has 0 spiro atoms. The Morgan fingerprint density at radius 2 is 2.14 bits per heavy atom. The highest BCUT2D eigenvalue weighted by Crippen LogP contribution is 2.23. The third kappa shape index (κ3) is 6.48. The van der Waals surface area contributed by atoms with E-state index in [2.05, 4.69) is 20.3 Å². The van der Waals surface area contributed by atoms with Gasteiger partial charge in [-0.1, -0.05) is 0 Å². The third-order valence-electron chi connectivity index (χ3n) is 5.00. The lowest BCUT2D eigenvalue weighted by molar-refractivity contribution is -0.143. The molecule has 160 valence electrons. The predicted molar refractivity (Wildman–Crippen MR) is 111 cm³/mol. The molecule has 2 unspecified atom stereocenters. The van der Waals surface area contributed by atoms with Crippen molar-refractivity contribution < 1.29 is 17.9 Å². The van der Waals surface area contributed by atoms with Crippen molar-refractivity contribution in [3.63, 3.8) is 0 Å². The minimum atomic E-state index is -4.13. The number of rotatable bonds is 4. The molecule has 1 aromatic rings. The number of aryl methyl sites for hydroxylation is 1. The third-order valence-corrected chi connectivity index (χ3v) is 5.00. The van der Waals surface area contributed by atoms with Crippen LogP contribution in [0.15, 0.2) is 17.4 Å². The average molecular weight is 516 g/mol. The van der Waals surface area contributed by atoms with E-state index in [9.17, 15) is 13.2 Å². The molecule has 0 amide bonds. The van der Waals surface area contributed by atoms with Gasteiger partial charge in [0.25, 0.3) is 0 Å². The summed E-state index contributed by atoms with van der Waals surface area (Å²) in [5.74, 6) is 0.959. The van der Waals surface area contributed by atoms with Crippen molar-refractivity contribution in [1.82, 2.24) is 24.9 Å². The first kappa shape index (κ1) is 23.2. The second-order valence-electron chi connectivity index (χ2n) is 7.19. The molecule has 11 heteroatoms. The second kappa shape index (κ2) is 10.1. The number of hydrogen-bond donors (Lipinski definition) is 1. The maximum Gasteiger partial charge on any atom is 0.401 e. The van der Waals surface area contributed by atoms with Gasteiger partial charge in [-0.2, -0.15) is 18.3 Å². The standard InChI is InChI=1S/C17H27F3N6O.HI/c1-21-16(22-7-13-3-4-25(9-13)12-17(18,19)20)26-5-6-27-15(11-26)14-8-23-24(2)10-14;/h8,10,13,15H,3-7,9,11-12H2,1-2H3,(H,21,22);1H. The van der Waals surface area contributed by atoms with Gasteiger partial charge < -0.3 is 15.0 Å². The van der Waals surface area contributed by atoms with Crippen LogP contribution in [0.2, 0.25) is 0 Å². The molecule has 28 heavy (non-hydrogen) atoms. The molecule has 2 atom stereocenters.